The average molecular weight is 286 g/mol. The zero-order valence-electron chi connectivity index (χ0n) is 13.6. The summed E-state index contributed by atoms with van der Waals surface area (Å²) < 4.78 is 0. The molecule has 1 aromatic carbocycles. The normalized spacial score (nSPS) is 37.8. The first-order valence-electron chi connectivity index (χ1n) is 8.66. The van der Waals surface area contributed by atoms with Crippen LogP contribution in [-0.4, -0.2) is 30.1 Å². The molecular formula is C19H30N2. The van der Waals surface area contributed by atoms with Gasteiger partial charge in [0, 0.05) is 18.6 Å². The second kappa shape index (κ2) is 6.10. The van der Waals surface area contributed by atoms with Gasteiger partial charge in [-0.25, -0.2) is 0 Å². The van der Waals surface area contributed by atoms with Gasteiger partial charge in [0.05, 0.1) is 0 Å². The molecule has 116 valence electrons. The smallest absolute Gasteiger partial charge is 0.0359 e. The first kappa shape index (κ1) is 15.1. The summed E-state index contributed by atoms with van der Waals surface area (Å²) in [6.45, 7) is 8.06. The highest BCUT2D eigenvalue weighted by atomic mass is 15.2. The first-order chi connectivity index (χ1) is 10.2. The van der Waals surface area contributed by atoms with Crippen LogP contribution < -0.4 is 5.73 Å². The van der Waals surface area contributed by atoms with Gasteiger partial charge in [0.2, 0.25) is 0 Å². The lowest BCUT2D eigenvalue weighted by atomic mass is 9.68. The van der Waals surface area contributed by atoms with Crippen LogP contribution >= 0.6 is 0 Å². The maximum Gasteiger partial charge on any atom is 0.0359 e. The van der Waals surface area contributed by atoms with Crippen LogP contribution in [0.1, 0.15) is 51.0 Å². The van der Waals surface area contributed by atoms with Crippen molar-refractivity contribution in [2.45, 2.75) is 51.0 Å². The van der Waals surface area contributed by atoms with E-state index >= 15 is 0 Å². The van der Waals surface area contributed by atoms with Crippen molar-refractivity contribution in [2.24, 2.45) is 17.6 Å². The third kappa shape index (κ3) is 2.76. The minimum absolute atomic E-state index is 0.251. The summed E-state index contributed by atoms with van der Waals surface area (Å²) in [6, 6.07) is 11.0. The van der Waals surface area contributed by atoms with Gasteiger partial charge in [0.1, 0.15) is 0 Å². The highest BCUT2D eigenvalue weighted by Crippen LogP contribution is 2.43. The van der Waals surface area contributed by atoms with Crippen LogP contribution in [0.25, 0.3) is 0 Å². The quantitative estimate of drug-likeness (QED) is 0.919. The molecule has 2 N–H and O–H groups in total. The molecule has 0 radical (unpaired) electrons. The van der Waals surface area contributed by atoms with Crippen molar-refractivity contribution in [1.82, 2.24) is 4.90 Å². The molecule has 0 bridgehead atoms. The van der Waals surface area contributed by atoms with Crippen LogP contribution in [0.15, 0.2) is 30.3 Å². The predicted octanol–water partition coefficient (Wildman–Crippen LogP) is 3.63. The molecule has 0 spiro atoms. The zero-order chi connectivity index (χ0) is 14.9. The first-order valence-corrected chi connectivity index (χ1v) is 8.66. The average Bonchev–Trinajstić information content (AvgIpc) is 3.01. The molecule has 2 aliphatic rings. The molecule has 2 nitrogen and oxygen atoms in total. The van der Waals surface area contributed by atoms with E-state index in [4.69, 9.17) is 5.73 Å². The number of hydrogen-bond donors (Lipinski definition) is 1. The van der Waals surface area contributed by atoms with Gasteiger partial charge in [-0.2, -0.15) is 0 Å². The standard InChI is InChI=1S/C19H30N2/c1-15-8-9-16(2)19(12-15,14-20)21-11-10-18(13-21)17-6-4-3-5-7-17/h3-7,15-16,18H,8-14,20H2,1-2H3. The van der Waals surface area contributed by atoms with Crippen LogP contribution in [0, 0.1) is 11.8 Å². The highest BCUT2D eigenvalue weighted by Gasteiger charge is 2.46. The van der Waals surface area contributed by atoms with Crippen molar-refractivity contribution in [1.29, 1.82) is 0 Å². The number of nitrogens with two attached hydrogens (primary N) is 1. The summed E-state index contributed by atoms with van der Waals surface area (Å²) in [6.07, 6.45) is 5.28. The summed E-state index contributed by atoms with van der Waals surface area (Å²) >= 11 is 0. The van der Waals surface area contributed by atoms with E-state index in [1.165, 1.54) is 44.3 Å². The molecule has 2 heteroatoms. The Morgan fingerprint density at radius 3 is 2.62 bits per heavy atom. The molecule has 1 aliphatic carbocycles. The van der Waals surface area contributed by atoms with E-state index in [0.29, 0.717) is 5.92 Å². The lowest BCUT2D eigenvalue weighted by Crippen LogP contribution is -2.59. The summed E-state index contributed by atoms with van der Waals surface area (Å²) in [5, 5.41) is 0. The van der Waals surface area contributed by atoms with Crippen molar-refractivity contribution < 1.29 is 0 Å². The largest absolute Gasteiger partial charge is 0.329 e. The molecule has 0 amide bonds. The maximum atomic E-state index is 6.31. The number of benzene rings is 1. The fourth-order valence-electron chi connectivity index (χ4n) is 4.73. The fraction of sp³-hybridized carbons (Fsp3) is 0.684. The van der Waals surface area contributed by atoms with E-state index in [1.54, 1.807) is 0 Å². The molecule has 3 rings (SSSR count). The van der Waals surface area contributed by atoms with Gasteiger partial charge >= 0.3 is 0 Å². The van der Waals surface area contributed by atoms with Gasteiger partial charge < -0.3 is 5.73 Å². The molecule has 1 aromatic rings. The van der Waals surface area contributed by atoms with Crippen molar-refractivity contribution >= 4 is 0 Å². The number of hydrogen-bond acceptors (Lipinski definition) is 2. The van der Waals surface area contributed by atoms with E-state index in [2.05, 4.69) is 49.1 Å². The summed E-state index contributed by atoms with van der Waals surface area (Å²) in [4.78, 5) is 2.74. The van der Waals surface area contributed by atoms with Gasteiger partial charge in [0.15, 0.2) is 0 Å². The van der Waals surface area contributed by atoms with E-state index in [9.17, 15) is 0 Å². The van der Waals surface area contributed by atoms with E-state index < -0.39 is 0 Å². The minimum Gasteiger partial charge on any atom is -0.329 e. The molecule has 1 saturated heterocycles. The molecule has 1 aliphatic heterocycles. The van der Waals surface area contributed by atoms with E-state index in [0.717, 1.165) is 18.4 Å². The third-order valence-electron chi connectivity index (χ3n) is 6.15. The number of rotatable bonds is 3. The molecule has 21 heavy (non-hydrogen) atoms. The lowest BCUT2D eigenvalue weighted by Gasteiger charge is -2.50. The molecule has 1 saturated carbocycles. The SMILES string of the molecule is CC1CCC(C)C(CN)(N2CCC(c3ccccc3)C2)C1. The molecule has 4 atom stereocenters. The Morgan fingerprint density at radius 1 is 1.14 bits per heavy atom. The van der Waals surface area contributed by atoms with E-state index in [-0.39, 0.29) is 5.54 Å². The Balaban J connectivity index is 1.77. The Kier molecular flexibility index (Phi) is 4.37. The van der Waals surface area contributed by atoms with Crippen LogP contribution in [-0.2, 0) is 0 Å². The minimum atomic E-state index is 0.251. The predicted molar refractivity (Wildman–Crippen MR) is 89.3 cm³/mol. The van der Waals surface area contributed by atoms with Crippen molar-refractivity contribution in [2.75, 3.05) is 19.6 Å². The van der Waals surface area contributed by atoms with Crippen molar-refractivity contribution in [3.05, 3.63) is 35.9 Å². The lowest BCUT2D eigenvalue weighted by molar-refractivity contribution is 0.0118. The Hall–Kier alpha value is -0.860. The van der Waals surface area contributed by atoms with Crippen LogP contribution in [0.3, 0.4) is 0 Å². The van der Waals surface area contributed by atoms with Crippen molar-refractivity contribution in [3.8, 4) is 0 Å². The van der Waals surface area contributed by atoms with Gasteiger partial charge in [-0.05, 0) is 49.1 Å². The molecule has 2 fully saturated rings. The van der Waals surface area contributed by atoms with Crippen LogP contribution in [0.4, 0.5) is 0 Å². The maximum absolute atomic E-state index is 6.31. The molecule has 0 aromatic heterocycles. The zero-order valence-corrected chi connectivity index (χ0v) is 13.6. The topological polar surface area (TPSA) is 29.3 Å². The van der Waals surface area contributed by atoms with Gasteiger partial charge in [-0.3, -0.25) is 4.90 Å². The van der Waals surface area contributed by atoms with Crippen molar-refractivity contribution in [3.63, 3.8) is 0 Å². The van der Waals surface area contributed by atoms with Gasteiger partial charge in [-0.1, -0.05) is 50.6 Å². The number of likely N-dealkylation sites (tertiary alicyclic amines) is 1. The Labute approximate surface area is 129 Å². The van der Waals surface area contributed by atoms with Gasteiger partial charge in [-0.15, -0.1) is 0 Å². The Bertz CT molecular complexity index is 458. The Morgan fingerprint density at radius 2 is 1.90 bits per heavy atom. The summed E-state index contributed by atoms with van der Waals surface area (Å²) in [5.74, 6) is 2.24. The molecular weight excluding hydrogens is 256 g/mol. The summed E-state index contributed by atoms with van der Waals surface area (Å²) in [5.41, 5.74) is 8.07. The fourth-order valence-corrected chi connectivity index (χ4v) is 4.73. The second-order valence-electron chi connectivity index (χ2n) is 7.44. The van der Waals surface area contributed by atoms with E-state index in [1.807, 2.05) is 0 Å². The monoisotopic (exact) mass is 286 g/mol. The second-order valence-corrected chi connectivity index (χ2v) is 7.44. The highest BCUT2D eigenvalue weighted by molar-refractivity contribution is 5.21. The molecule has 1 heterocycles. The molecule has 4 unspecified atom stereocenters. The number of nitrogens with zero attached hydrogens (tertiary/aromatic N) is 1. The van der Waals surface area contributed by atoms with Gasteiger partial charge in [0.25, 0.3) is 0 Å². The van der Waals surface area contributed by atoms with Crippen LogP contribution in [0.5, 0.6) is 0 Å². The summed E-state index contributed by atoms with van der Waals surface area (Å²) in [7, 11) is 0. The van der Waals surface area contributed by atoms with Crippen LogP contribution in [0.2, 0.25) is 0 Å². The third-order valence-corrected chi connectivity index (χ3v) is 6.15.